The standard InChI is InChI=1S/C17H21N3O4/c1-3-24-17(23)14-8-13(9-18)16(19-11(14)2)20-6-4-5-12(10-20)7-15(21)22/h8,12H,3-7,10H2,1-2H3,(H,21,22). The largest absolute Gasteiger partial charge is 0.481 e. The highest BCUT2D eigenvalue weighted by molar-refractivity contribution is 5.91. The molecule has 1 unspecified atom stereocenters. The van der Waals surface area contributed by atoms with Gasteiger partial charge >= 0.3 is 11.9 Å². The van der Waals surface area contributed by atoms with Crippen molar-refractivity contribution in [1.82, 2.24) is 4.98 Å². The molecule has 1 aliphatic heterocycles. The fourth-order valence-corrected chi connectivity index (χ4v) is 3.00. The van der Waals surface area contributed by atoms with Crippen molar-refractivity contribution in [3.63, 3.8) is 0 Å². The van der Waals surface area contributed by atoms with Crippen molar-refractivity contribution in [1.29, 1.82) is 5.26 Å². The van der Waals surface area contributed by atoms with Crippen molar-refractivity contribution < 1.29 is 19.4 Å². The van der Waals surface area contributed by atoms with E-state index in [1.807, 2.05) is 4.90 Å². The van der Waals surface area contributed by atoms with Gasteiger partial charge in [-0.1, -0.05) is 0 Å². The number of ether oxygens (including phenoxy) is 1. The molecule has 128 valence electrons. The molecule has 1 aliphatic rings. The van der Waals surface area contributed by atoms with Gasteiger partial charge in [0.25, 0.3) is 0 Å². The van der Waals surface area contributed by atoms with Gasteiger partial charge in [-0.15, -0.1) is 0 Å². The molecule has 7 nitrogen and oxygen atoms in total. The van der Waals surface area contributed by atoms with Crippen LogP contribution in [0.15, 0.2) is 6.07 Å². The first-order valence-corrected chi connectivity index (χ1v) is 8.01. The van der Waals surface area contributed by atoms with Crippen molar-refractivity contribution in [3.8, 4) is 6.07 Å². The Balaban J connectivity index is 2.30. The van der Waals surface area contributed by atoms with Gasteiger partial charge in [-0.2, -0.15) is 5.26 Å². The van der Waals surface area contributed by atoms with E-state index < -0.39 is 11.9 Å². The number of aliphatic carboxylic acids is 1. The predicted molar refractivity (Wildman–Crippen MR) is 86.8 cm³/mol. The molecular weight excluding hydrogens is 310 g/mol. The third-order valence-corrected chi connectivity index (χ3v) is 4.09. The van der Waals surface area contributed by atoms with Crippen LogP contribution >= 0.6 is 0 Å². The van der Waals surface area contributed by atoms with Crippen molar-refractivity contribution in [2.75, 3.05) is 24.6 Å². The molecule has 0 aliphatic carbocycles. The van der Waals surface area contributed by atoms with Crippen LogP contribution in [-0.2, 0) is 9.53 Å². The van der Waals surface area contributed by atoms with E-state index in [0.717, 1.165) is 19.4 Å². The van der Waals surface area contributed by atoms with Crippen molar-refractivity contribution >= 4 is 17.8 Å². The average Bonchev–Trinajstić information content (AvgIpc) is 2.54. The average molecular weight is 331 g/mol. The highest BCUT2D eigenvalue weighted by Crippen LogP contribution is 2.27. The molecule has 1 aromatic heterocycles. The molecule has 0 spiro atoms. The lowest BCUT2D eigenvalue weighted by atomic mass is 9.94. The van der Waals surface area contributed by atoms with E-state index in [-0.39, 0.29) is 24.5 Å². The Labute approximate surface area is 140 Å². The monoisotopic (exact) mass is 331 g/mol. The number of carboxylic acids is 1. The van der Waals surface area contributed by atoms with Crippen LogP contribution in [0.4, 0.5) is 5.82 Å². The third kappa shape index (κ3) is 4.02. The zero-order chi connectivity index (χ0) is 17.7. The normalized spacial score (nSPS) is 17.2. The molecule has 1 saturated heterocycles. The number of aromatic nitrogens is 1. The van der Waals surface area contributed by atoms with Gasteiger partial charge in [0.15, 0.2) is 0 Å². The first-order chi connectivity index (χ1) is 11.5. The molecule has 7 heteroatoms. The molecule has 0 amide bonds. The summed E-state index contributed by atoms with van der Waals surface area (Å²) in [7, 11) is 0. The minimum atomic E-state index is -0.816. The Bertz CT molecular complexity index is 681. The maximum absolute atomic E-state index is 11.9. The van der Waals surface area contributed by atoms with Gasteiger partial charge in [-0.05, 0) is 38.7 Å². The second kappa shape index (κ2) is 7.77. The second-order valence-corrected chi connectivity index (χ2v) is 5.88. The molecule has 24 heavy (non-hydrogen) atoms. The van der Waals surface area contributed by atoms with Crippen molar-refractivity contribution in [2.24, 2.45) is 5.92 Å². The molecule has 2 rings (SSSR count). The summed E-state index contributed by atoms with van der Waals surface area (Å²) in [6.45, 7) is 4.94. The number of aryl methyl sites for hydroxylation is 1. The third-order valence-electron chi connectivity index (χ3n) is 4.09. The summed E-state index contributed by atoms with van der Waals surface area (Å²) in [5, 5.41) is 18.4. The van der Waals surface area contributed by atoms with Crippen LogP contribution in [0.1, 0.15) is 47.8 Å². The highest BCUT2D eigenvalue weighted by Gasteiger charge is 2.26. The topological polar surface area (TPSA) is 104 Å². The molecular formula is C17H21N3O4. The van der Waals surface area contributed by atoms with E-state index in [1.54, 1.807) is 13.8 Å². The Kier molecular flexibility index (Phi) is 5.74. The molecule has 2 heterocycles. The smallest absolute Gasteiger partial charge is 0.340 e. The zero-order valence-corrected chi connectivity index (χ0v) is 13.9. The molecule has 0 bridgehead atoms. The summed E-state index contributed by atoms with van der Waals surface area (Å²) < 4.78 is 4.99. The summed E-state index contributed by atoms with van der Waals surface area (Å²) in [4.78, 5) is 29.3. The van der Waals surface area contributed by atoms with Crippen LogP contribution in [0.3, 0.4) is 0 Å². The van der Waals surface area contributed by atoms with E-state index >= 15 is 0 Å². The number of piperidine rings is 1. The van der Waals surface area contributed by atoms with Crippen LogP contribution < -0.4 is 4.90 Å². The summed E-state index contributed by atoms with van der Waals surface area (Å²) >= 11 is 0. The van der Waals surface area contributed by atoms with Crippen molar-refractivity contribution in [2.45, 2.75) is 33.1 Å². The van der Waals surface area contributed by atoms with Crippen LogP contribution in [0.2, 0.25) is 0 Å². The van der Waals surface area contributed by atoms with Crippen LogP contribution in [0.25, 0.3) is 0 Å². The van der Waals surface area contributed by atoms with Crippen molar-refractivity contribution in [3.05, 3.63) is 22.9 Å². The van der Waals surface area contributed by atoms with E-state index in [0.29, 0.717) is 23.6 Å². The van der Waals surface area contributed by atoms with E-state index in [2.05, 4.69) is 11.1 Å². The Hall–Kier alpha value is -2.62. The van der Waals surface area contributed by atoms with Crippen LogP contribution in [0, 0.1) is 24.2 Å². The molecule has 0 saturated carbocycles. The number of rotatable bonds is 5. The van der Waals surface area contributed by atoms with E-state index in [9.17, 15) is 14.9 Å². The molecule has 1 fully saturated rings. The molecule has 1 atom stereocenters. The fourth-order valence-electron chi connectivity index (χ4n) is 3.00. The zero-order valence-electron chi connectivity index (χ0n) is 13.9. The Morgan fingerprint density at radius 3 is 2.92 bits per heavy atom. The molecule has 1 N–H and O–H groups in total. The number of carboxylic acid groups (broad SMARTS) is 1. The lowest BCUT2D eigenvalue weighted by molar-refractivity contribution is -0.138. The van der Waals surface area contributed by atoms with Crippen LogP contribution in [-0.4, -0.2) is 41.7 Å². The van der Waals surface area contributed by atoms with Gasteiger partial charge in [0, 0.05) is 19.5 Å². The number of carbonyl (C=O) groups excluding carboxylic acids is 1. The first-order valence-electron chi connectivity index (χ1n) is 8.01. The minimum Gasteiger partial charge on any atom is -0.481 e. The summed E-state index contributed by atoms with van der Waals surface area (Å²) in [6, 6.07) is 3.60. The van der Waals surface area contributed by atoms with Gasteiger partial charge in [0.05, 0.1) is 23.4 Å². The Morgan fingerprint density at radius 1 is 1.54 bits per heavy atom. The van der Waals surface area contributed by atoms with Gasteiger partial charge in [-0.3, -0.25) is 4.79 Å². The van der Waals surface area contributed by atoms with E-state index in [4.69, 9.17) is 9.84 Å². The summed E-state index contributed by atoms with van der Waals surface area (Å²) in [5.74, 6) is -0.759. The van der Waals surface area contributed by atoms with E-state index in [1.165, 1.54) is 6.07 Å². The summed E-state index contributed by atoms with van der Waals surface area (Å²) in [6.07, 6.45) is 1.81. The first kappa shape index (κ1) is 17.7. The number of nitriles is 1. The van der Waals surface area contributed by atoms with Gasteiger partial charge < -0.3 is 14.7 Å². The number of nitrogens with zero attached hydrogens (tertiary/aromatic N) is 3. The lowest BCUT2D eigenvalue weighted by Crippen LogP contribution is -2.37. The number of anilines is 1. The molecule has 0 radical (unpaired) electrons. The van der Waals surface area contributed by atoms with Gasteiger partial charge in [-0.25, -0.2) is 9.78 Å². The number of hydrogen-bond donors (Lipinski definition) is 1. The Morgan fingerprint density at radius 2 is 2.29 bits per heavy atom. The quantitative estimate of drug-likeness (QED) is 0.824. The highest BCUT2D eigenvalue weighted by atomic mass is 16.5. The number of esters is 1. The molecule has 0 aromatic carbocycles. The number of carbonyl (C=O) groups is 2. The maximum atomic E-state index is 11.9. The maximum Gasteiger partial charge on any atom is 0.340 e. The van der Waals surface area contributed by atoms with Crippen LogP contribution in [0.5, 0.6) is 0 Å². The fraction of sp³-hybridized carbons (Fsp3) is 0.529. The minimum absolute atomic E-state index is 0.0367. The lowest BCUT2D eigenvalue weighted by Gasteiger charge is -2.33. The SMILES string of the molecule is CCOC(=O)c1cc(C#N)c(N2CCCC(CC(=O)O)C2)nc1C. The number of pyridine rings is 1. The summed E-state index contributed by atoms with van der Waals surface area (Å²) in [5.41, 5.74) is 1.10. The second-order valence-electron chi connectivity index (χ2n) is 5.88. The predicted octanol–water partition coefficient (Wildman–Crippen LogP) is 2.13. The van der Waals surface area contributed by atoms with Gasteiger partial charge in [0.1, 0.15) is 11.9 Å². The number of hydrogen-bond acceptors (Lipinski definition) is 6. The van der Waals surface area contributed by atoms with Gasteiger partial charge in [0.2, 0.25) is 0 Å². The molecule has 1 aromatic rings.